The van der Waals surface area contributed by atoms with Gasteiger partial charge in [0.15, 0.2) is 5.16 Å². The highest BCUT2D eigenvalue weighted by molar-refractivity contribution is 8.00. The highest BCUT2D eigenvalue weighted by atomic mass is 32.2. The van der Waals surface area contributed by atoms with E-state index in [1.165, 1.54) is 23.6 Å². The van der Waals surface area contributed by atoms with Crippen molar-refractivity contribution < 1.29 is 14.3 Å². The smallest absolute Gasteiger partial charge is 0.267 e. The number of nitrogens with one attached hydrogen (secondary N) is 2. The van der Waals surface area contributed by atoms with E-state index in [0.717, 1.165) is 36.1 Å². The second-order valence-electron chi connectivity index (χ2n) is 9.14. The Bertz CT molecular complexity index is 1580. The average molecular weight is 549 g/mol. The summed E-state index contributed by atoms with van der Waals surface area (Å²) in [4.78, 5) is 45.2. The molecule has 2 aromatic carbocycles. The molecular weight excluding hydrogens is 520 g/mol. The van der Waals surface area contributed by atoms with Gasteiger partial charge in [-0.3, -0.25) is 19.0 Å². The van der Waals surface area contributed by atoms with Crippen molar-refractivity contribution in [2.24, 2.45) is 0 Å². The summed E-state index contributed by atoms with van der Waals surface area (Å²) in [6, 6.07) is 14.2. The molecule has 196 valence electrons. The molecular formula is C28H28N4O4S2. The number of rotatable bonds is 7. The monoisotopic (exact) mass is 548 g/mol. The maximum absolute atomic E-state index is 14.0. The summed E-state index contributed by atoms with van der Waals surface area (Å²) in [5.74, 6) is 0.246. The van der Waals surface area contributed by atoms with Crippen molar-refractivity contribution in [2.45, 2.75) is 49.9 Å². The number of anilines is 2. The average Bonchev–Trinajstić information content (AvgIpc) is 3.28. The van der Waals surface area contributed by atoms with Crippen LogP contribution in [0.25, 0.3) is 15.9 Å². The lowest BCUT2D eigenvalue weighted by atomic mass is 9.97. The van der Waals surface area contributed by atoms with Crippen molar-refractivity contribution in [2.75, 3.05) is 17.7 Å². The van der Waals surface area contributed by atoms with Gasteiger partial charge in [0, 0.05) is 29.2 Å². The minimum Gasteiger partial charge on any atom is -0.497 e. The fraction of sp³-hybridized carbons (Fsp3) is 0.286. The molecule has 1 atom stereocenters. The van der Waals surface area contributed by atoms with Gasteiger partial charge in [0.2, 0.25) is 11.8 Å². The zero-order chi connectivity index (χ0) is 26.8. The van der Waals surface area contributed by atoms with E-state index in [-0.39, 0.29) is 17.4 Å². The molecule has 8 nitrogen and oxygen atoms in total. The molecule has 10 heteroatoms. The van der Waals surface area contributed by atoms with Crippen LogP contribution in [0.2, 0.25) is 0 Å². The normalized spacial score (nSPS) is 13.6. The molecule has 0 fully saturated rings. The largest absolute Gasteiger partial charge is 0.497 e. The van der Waals surface area contributed by atoms with Crippen LogP contribution in [0.3, 0.4) is 0 Å². The molecule has 0 spiro atoms. The topological polar surface area (TPSA) is 102 Å². The molecule has 4 aromatic rings. The van der Waals surface area contributed by atoms with Crippen LogP contribution < -0.4 is 20.9 Å². The Morgan fingerprint density at radius 2 is 1.79 bits per heavy atom. The van der Waals surface area contributed by atoms with Crippen molar-refractivity contribution in [3.8, 4) is 11.4 Å². The predicted molar refractivity (Wildman–Crippen MR) is 153 cm³/mol. The molecule has 5 rings (SSSR count). The zero-order valence-electron chi connectivity index (χ0n) is 21.4. The molecule has 0 saturated carbocycles. The van der Waals surface area contributed by atoms with Gasteiger partial charge < -0.3 is 15.4 Å². The molecule has 1 aliphatic carbocycles. The fourth-order valence-corrected chi connectivity index (χ4v) is 6.77. The van der Waals surface area contributed by atoms with Crippen molar-refractivity contribution >= 4 is 56.5 Å². The second kappa shape index (κ2) is 11.0. The van der Waals surface area contributed by atoms with Crippen molar-refractivity contribution in [3.05, 3.63) is 69.3 Å². The number of benzene rings is 2. The Balaban J connectivity index is 1.49. The Kier molecular flexibility index (Phi) is 7.53. The third kappa shape index (κ3) is 5.32. The van der Waals surface area contributed by atoms with Gasteiger partial charge in [-0.15, -0.1) is 11.3 Å². The number of carbonyl (C=O) groups excluding carboxylic acids is 2. The summed E-state index contributed by atoms with van der Waals surface area (Å²) >= 11 is 2.83. The third-order valence-electron chi connectivity index (χ3n) is 6.39. The van der Waals surface area contributed by atoms with Gasteiger partial charge in [0.1, 0.15) is 10.6 Å². The maximum Gasteiger partial charge on any atom is 0.267 e. The number of hydrogen-bond acceptors (Lipinski definition) is 7. The number of methoxy groups -OCH3 is 1. The van der Waals surface area contributed by atoms with Crippen molar-refractivity contribution in [3.63, 3.8) is 0 Å². The van der Waals surface area contributed by atoms with Gasteiger partial charge in [-0.05, 0) is 74.6 Å². The van der Waals surface area contributed by atoms with Gasteiger partial charge in [0.25, 0.3) is 5.56 Å². The van der Waals surface area contributed by atoms with Gasteiger partial charge in [-0.2, -0.15) is 0 Å². The number of nitrogens with zero attached hydrogens (tertiary/aromatic N) is 2. The highest BCUT2D eigenvalue weighted by Gasteiger charge is 2.25. The van der Waals surface area contributed by atoms with E-state index in [1.54, 1.807) is 60.3 Å². The second-order valence-corrected chi connectivity index (χ2v) is 11.5. The fourth-order valence-electron chi connectivity index (χ4n) is 4.54. The first-order chi connectivity index (χ1) is 18.3. The Morgan fingerprint density at radius 1 is 1.08 bits per heavy atom. The van der Waals surface area contributed by atoms with Crippen LogP contribution in [0, 0.1) is 0 Å². The summed E-state index contributed by atoms with van der Waals surface area (Å²) in [5.41, 5.74) is 2.90. The highest BCUT2D eigenvalue weighted by Crippen LogP contribution is 2.36. The summed E-state index contributed by atoms with van der Waals surface area (Å²) in [5, 5.41) is 6.21. The molecule has 2 heterocycles. The molecule has 0 unspecified atom stereocenters. The van der Waals surface area contributed by atoms with Gasteiger partial charge in [-0.25, -0.2) is 4.98 Å². The number of aromatic nitrogens is 2. The Morgan fingerprint density at radius 3 is 2.50 bits per heavy atom. The van der Waals surface area contributed by atoms with Gasteiger partial charge >= 0.3 is 0 Å². The zero-order valence-corrected chi connectivity index (χ0v) is 23.0. The van der Waals surface area contributed by atoms with E-state index in [4.69, 9.17) is 9.72 Å². The molecule has 0 aliphatic heterocycles. The lowest BCUT2D eigenvalue weighted by molar-refractivity contribution is -0.115. The van der Waals surface area contributed by atoms with E-state index in [9.17, 15) is 14.4 Å². The molecule has 0 bridgehead atoms. The van der Waals surface area contributed by atoms with E-state index >= 15 is 0 Å². The number of fused-ring (bicyclic) bond motifs is 3. The quantitative estimate of drug-likeness (QED) is 0.236. The van der Waals surface area contributed by atoms with Gasteiger partial charge in [0.05, 0.1) is 23.4 Å². The van der Waals surface area contributed by atoms with Crippen LogP contribution in [0.4, 0.5) is 11.4 Å². The summed E-state index contributed by atoms with van der Waals surface area (Å²) in [6.45, 7) is 3.23. The molecule has 0 saturated heterocycles. The van der Waals surface area contributed by atoms with E-state index < -0.39 is 5.25 Å². The van der Waals surface area contributed by atoms with Crippen LogP contribution in [0.1, 0.15) is 37.1 Å². The van der Waals surface area contributed by atoms with Gasteiger partial charge in [-0.1, -0.05) is 17.8 Å². The summed E-state index contributed by atoms with van der Waals surface area (Å²) < 4.78 is 7.01. The number of aryl methyl sites for hydroxylation is 2. The van der Waals surface area contributed by atoms with E-state index in [1.807, 2.05) is 18.2 Å². The number of ether oxygens (including phenoxy) is 1. The van der Waals surface area contributed by atoms with Crippen LogP contribution in [-0.4, -0.2) is 33.7 Å². The number of thiophene rings is 1. The lowest BCUT2D eigenvalue weighted by Crippen LogP contribution is -2.26. The van der Waals surface area contributed by atoms with E-state index in [0.29, 0.717) is 33.4 Å². The number of amides is 2. The first kappa shape index (κ1) is 26.0. The van der Waals surface area contributed by atoms with Crippen molar-refractivity contribution in [1.29, 1.82) is 0 Å². The van der Waals surface area contributed by atoms with E-state index in [2.05, 4.69) is 10.6 Å². The molecule has 2 N–H and O–H groups in total. The van der Waals surface area contributed by atoms with Crippen LogP contribution >= 0.6 is 23.1 Å². The standard InChI is InChI=1S/C28H28N4O4S2/c1-16(25(34)30-19-13-11-18(12-14-19)29-17(2)33)37-28-31-26-24(22-9-4-5-10-23(22)38-26)27(35)32(28)20-7-6-8-21(15-20)36-3/h6-8,11-16H,4-5,9-10H2,1-3H3,(H,29,33)(H,30,34)/t16-/m1/s1. The SMILES string of the molecule is COc1cccc(-n2c(S[C@H](C)C(=O)Nc3ccc(NC(C)=O)cc3)nc3sc4c(c3c2=O)CCCC4)c1. The molecule has 2 aromatic heterocycles. The first-order valence-corrected chi connectivity index (χ1v) is 14.1. The lowest BCUT2D eigenvalue weighted by Gasteiger charge is -2.17. The molecule has 1 aliphatic rings. The number of hydrogen-bond donors (Lipinski definition) is 2. The molecule has 38 heavy (non-hydrogen) atoms. The minimum atomic E-state index is -0.541. The predicted octanol–water partition coefficient (Wildman–Crippen LogP) is 5.41. The van der Waals surface area contributed by atoms with Crippen molar-refractivity contribution in [1.82, 2.24) is 9.55 Å². The van der Waals surface area contributed by atoms with Crippen LogP contribution in [0.5, 0.6) is 5.75 Å². The molecule has 0 radical (unpaired) electrons. The molecule has 2 amide bonds. The maximum atomic E-state index is 14.0. The Hall–Kier alpha value is -3.63. The number of thioether (sulfide) groups is 1. The Labute approximate surface area is 228 Å². The summed E-state index contributed by atoms with van der Waals surface area (Å²) in [6.07, 6.45) is 4.04. The third-order valence-corrected chi connectivity index (χ3v) is 8.63. The first-order valence-electron chi connectivity index (χ1n) is 12.4. The van der Waals surface area contributed by atoms with Crippen LogP contribution in [-0.2, 0) is 22.4 Å². The summed E-state index contributed by atoms with van der Waals surface area (Å²) in [7, 11) is 1.59. The van der Waals surface area contributed by atoms with Crippen LogP contribution in [0.15, 0.2) is 58.5 Å². The minimum absolute atomic E-state index is 0.119. The number of carbonyl (C=O) groups is 2.